The Kier molecular flexibility index (Phi) is 3.87. The highest BCUT2D eigenvalue weighted by atomic mass is 16.7. The van der Waals surface area contributed by atoms with Gasteiger partial charge >= 0.3 is 0 Å². The number of non-ortho nitro benzene ring substituents is 1. The zero-order valence-electron chi connectivity index (χ0n) is 12.6. The monoisotopic (exact) mass is 328 g/mol. The minimum atomic E-state index is -0.585. The molecule has 2 aromatic rings. The van der Waals surface area contributed by atoms with Crippen molar-refractivity contribution in [3.8, 4) is 11.5 Å². The molecule has 1 aliphatic heterocycles. The van der Waals surface area contributed by atoms with Crippen LogP contribution in [0.3, 0.4) is 0 Å². The largest absolute Gasteiger partial charge is 0.454 e. The predicted octanol–water partition coefficient (Wildman–Crippen LogP) is 2.78. The normalized spacial score (nSPS) is 11.9. The van der Waals surface area contributed by atoms with Gasteiger partial charge in [-0.1, -0.05) is 6.07 Å². The van der Waals surface area contributed by atoms with Crippen LogP contribution in [0.4, 0.5) is 11.4 Å². The number of hydrogen-bond acceptors (Lipinski definition) is 6. The topological polar surface area (TPSA) is 108 Å². The molecule has 0 atom stereocenters. The van der Waals surface area contributed by atoms with E-state index in [2.05, 4.69) is 5.32 Å². The molecule has 0 unspecified atom stereocenters. The Morgan fingerprint density at radius 2 is 1.88 bits per heavy atom. The predicted molar refractivity (Wildman–Crippen MR) is 83.6 cm³/mol. The minimum Gasteiger partial charge on any atom is -0.454 e. The average Bonchev–Trinajstić information content (AvgIpc) is 3.01. The van der Waals surface area contributed by atoms with Gasteiger partial charge in [0.2, 0.25) is 6.79 Å². The first-order valence-electron chi connectivity index (χ1n) is 6.96. The summed E-state index contributed by atoms with van der Waals surface area (Å²) in [5.74, 6) is 0.00518. The Hall–Kier alpha value is -3.42. The summed E-state index contributed by atoms with van der Waals surface area (Å²) >= 11 is 0. The minimum absolute atomic E-state index is 0.0367. The fraction of sp³-hybridized carbons (Fsp3) is 0.125. The Bertz CT molecular complexity index is 862. The molecule has 24 heavy (non-hydrogen) atoms. The first-order chi connectivity index (χ1) is 11.5. The summed E-state index contributed by atoms with van der Waals surface area (Å²) in [6.07, 6.45) is 0. The van der Waals surface area contributed by atoms with Gasteiger partial charge in [0.15, 0.2) is 17.3 Å². The SMILES string of the molecule is CC(=O)c1cc2c(cc1NC(=O)c1cccc([N+](=O)[O-])c1)OCO2. The molecule has 0 fully saturated rings. The van der Waals surface area contributed by atoms with Crippen LogP contribution in [0.2, 0.25) is 0 Å². The highest BCUT2D eigenvalue weighted by Gasteiger charge is 2.21. The van der Waals surface area contributed by atoms with Crippen LogP contribution >= 0.6 is 0 Å². The van der Waals surface area contributed by atoms with Crippen LogP contribution in [0.1, 0.15) is 27.6 Å². The van der Waals surface area contributed by atoms with Gasteiger partial charge < -0.3 is 14.8 Å². The fourth-order valence-corrected chi connectivity index (χ4v) is 2.29. The second kappa shape index (κ2) is 5.99. The van der Waals surface area contributed by atoms with E-state index < -0.39 is 10.8 Å². The lowest BCUT2D eigenvalue weighted by molar-refractivity contribution is -0.384. The molecular formula is C16H12N2O6. The van der Waals surface area contributed by atoms with Gasteiger partial charge in [-0.05, 0) is 19.1 Å². The smallest absolute Gasteiger partial charge is 0.270 e. The second-order valence-electron chi connectivity index (χ2n) is 5.07. The molecule has 1 N–H and O–H groups in total. The first kappa shape index (κ1) is 15.5. The van der Waals surface area contributed by atoms with E-state index >= 15 is 0 Å². The highest BCUT2D eigenvalue weighted by molar-refractivity contribution is 6.09. The van der Waals surface area contributed by atoms with Gasteiger partial charge in [-0.15, -0.1) is 0 Å². The van der Waals surface area contributed by atoms with E-state index in [9.17, 15) is 19.7 Å². The van der Waals surface area contributed by atoms with Crippen molar-refractivity contribution in [3.63, 3.8) is 0 Å². The third-order valence-electron chi connectivity index (χ3n) is 3.46. The molecule has 0 aromatic heterocycles. The second-order valence-corrected chi connectivity index (χ2v) is 5.07. The molecule has 0 aliphatic carbocycles. The molecule has 8 nitrogen and oxygen atoms in total. The summed E-state index contributed by atoms with van der Waals surface area (Å²) in [7, 11) is 0. The van der Waals surface area contributed by atoms with Crippen LogP contribution < -0.4 is 14.8 Å². The lowest BCUT2D eigenvalue weighted by Gasteiger charge is -2.10. The van der Waals surface area contributed by atoms with Gasteiger partial charge in [0.25, 0.3) is 11.6 Å². The summed E-state index contributed by atoms with van der Waals surface area (Å²) in [4.78, 5) is 34.4. The van der Waals surface area contributed by atoms with Crippen molar-refractivity contribution in [2.45, 2.75) is 6.92 Å². The quantitative estimate of drug-likeness (QED) is 0.525. The maximum atomic E-state index is 12.3. The number of nitro benzene ring substituents is 1. The number of Topliss-reactive ketones (excluding diaryl/α,β-unsaturated/α-hetero) is 1. The maximum Gasteiger partial charge on any atom is 0.270 e. The molecule has 8 heteroatoms. The number of hydrogen-bond donors (Lipinski definition) is 1. The van der Waals surface area contributed by atoms with E-state index in [1.54, 1.807) is 0 Å². The summed E-state index contributed by atoms with van der Waals surface area (Å²) in [6.45, 7) is 1.40. The van der Waals surface area contributed by atoms with Gasteiger partial charge in [0, 0.05) is 29.3 Å². The van der Waals surface area contributed by atoms with Gasteiger partial charge in [-0.2, -0.15) is 0 Å². The van der Waals surface area contributed by atoms with Gasteiger partial charge in [-0.3, -0.25) is 19.7 Å². The maximum absolute atomic E-state index is 12.3. The number of benzene rings is 2. The zero-order valence-corrected chi connectivity index (χ0v) is 12.6. The van der Waals surface area contributed by atoms with Crippen LogP contribution in [0.15, 0.2) is 36.4 Å². The van der Waals surface area contributed by atoms with E-state index in [-0.39, 0.29) is 35.1 Å². The number of nitrogens with one attached hydrogen (secondary N) is 1. The highest BCUT2D eigenvalue weighted by Crippen LogP contribution is 2.37. The molecule has 122 valence electrons. The Balaban J connectivity index is 1.93. The Morgan fingerprint density at radius 1 is 1.17 bits per heavy atom. The van der Waals surface area contributed by atoms with Crippen molar-refractivity contribution < 1.29 is 24.0 Å². The molecule has 0 saturated heterocycles. The van der Waals surface area contributed by atoms with Crippen molar-refractivity contribution in [1.29, 1.82) is 0 Å². The van der Waals surface area contributed by atoms with E-state index in [0.29, 0.717) is 11.5 Å². The Morgan fingerprint density at radius 3 is 2.54 bits per heavy atom. The average molecular weight is 328 g/mol. The molecule has 0 saturated carbocycles. The molecule has 1 amide bonds. The molecule has 0 spiro atoms. The first-order valence-corrected chi connectivity index (χ1v) is 6.96. The van der Waals surface area contributed by atoms with Crippen LogP contribution in [-0.2, 0) is 0 Å². The summed E-state index contributed by atoms with van der Waals surface area (Å²) < 4.78 is 10.5. The van der Waals surface area contributed by atoms with Crippen LogP contribution in [0.5, 0.6) is 11.5 Å². The lowest BCUT2D eigenvalue weighted by atomic mass is 10.1. The summed E-state index contributed by atoms with van der Waals surface area (Å²) in [5, 5.41) is 13.4. The number of nitrogens with zero attached hydrogens (tertiary/aromatic N) is 1. The number of rotatable bonds is 4. The number of carbonyl (C=O) groups excluding carboxylic acids is 2. The summed E-state index contributed by atoms with van der Waals surface area (Å²) in [5.41, 5.74) is 0.429. The molecule has 0 radical (unpaired) electrons. The molecule has 0 bridgehead atoms. The van der Waals surface area contributed by atoms with Crippen molar-refractivity contribution >= 4 is 23.1 Å². The van der Waals surface area contributed by atoms with E-state index in [0.717, 1.165) is 6.07 Å². The Labute approximate surface area is 136 Å². The zero-order chi connectivity index (χ0) is 17.3. The fourth-order valence-electron chi connectivity index (χ4n) is 2.29. The number of carbonyl (C=O) groups is 2. The third-order valence-corrected chi connectivity index (χ3v) is 3.46. The summed E-state index contributed by atoms with van der Waals surface area (Å²) in [6, 6.07) is 8.30. The van der Waals surface area contributed by atoms with Gasteiger partial charge in [0.05, 0.1) is 10.6 Å². The van der Waals surface area contributed by atoms with Gasteiger partial charge in [0.1, 0.15) is 0 Å². The number of fused-ring (bicyclic) bond motifs is 1. The van der Waals surface area contributed by atoms with Crippen molar-refractivity contribution in [3.05, 3.63) is 57.6 Å². The van der Waals surface area contributed by atoms with E-state index in [1.807, 2.05) is 0 Å². The number of anilines is 1. The standard InChI is InChI=1S/C16H12N2O6/c1-9(19)12-6-14-15(24-8-23-14)7-13(12)17-16(20)10-3-2-4-11(5-10)18(21)22/h2-7H,8H2,1H3,(H,17,20). The number of amides is 1. The molecular weight excluding hydrogens is 316 g/mol. The van der Waals surface area contributed by atoms with Crippen LogP contribution in [-0.4, -0.2) is 23.4 Å². The van der Waals surface area contributed by atoms with E-state index in [1.165, 1.54) is 37.3 Å². The third kappa shape index (κ3) is 2.89. The molecule has 1 aliphatic rings. The molecule has 1 heterocycles. The van der Waals surface area contributed by atoms with Crippen LogP contribution in [0.25, 0.3) is 0 Å². The van der Waals surface area contributed by atoms with Crippen molar-refractivity contribution in [2.75, 3.05) is 12.1 Å². The van der Waals surface area contributed by atoms with Crippen molar-refractivity contribution in [2.24, 2.45) is 0 Å². The number of ketones is 1. The lowest BCUT2D eigenvalue weighted by Crippen LogP contribution is -2.14. The molecule has 3 rings (SSSR count). The van der Waals surface area contributed by atoms with Crippen LogP contribution in [0, 0.1) is 10.1 Å². The number of nitro groups is 1. The van der Waals surface area contributed by atoms with Crippen molar-refractivity contribution in [1.82, 2.24) is 0 Å². The molecule has 2 aromatic carbocycles. The van der Waals surface area contributed by atoms with Gasteiger partial charge in [-0.25, -0.2) is 0 Å². The van der Waals surface area contributed by atoms with E-state index in [4.69, 9.17) is 9.47 Å². The number of ether oxygens (including phenoxy) is 2.